The van der Waals surface area contributed by atoms with Gasteiger partial charge in [-0.05, 0) is 49.4 Å². The van der Waals surface area contributed by atoms with E-state index < -0.39 is 10.0 Å². The van der Waals surface area contributed by atoms with Gasteiger partial charge < -0.3 is 9.42 Å². The van der Waals surface area contributed by atoms with Crippen molar-refractivity contribution < 1.29 is 12.9 Å². The topological polar surface area (TPSA) is 88.3 Å². The lowest BCUT2D eigenvalue weighted by Gasteiger charge is -2.12. The Morgan fingerprint density at radius 3 is 2.46 bits per heavy atom. The number of sulfonamides is 1. The van der Waals surface area contributed by atoms with Crippen LogP contribution in [0.5, 0.6) is 0 Å². The molecule has 2 aromatic carbocycles. The lowest BCUT2D eigenvalue weighted by Crippen LogP contribution is -2.14. The maximum atomic E-state index is 11.6. The van der Waals surface area contributed by atoms with Crippen LogP contribution in [0.15, 0.2) is 53.1 Å². The normalized spacial score (nSPS) is 11.3. The molecular weight excluding hydrogens is 352 g/mol. The van der Waals surface area contributed by atoms with Gasteiger partial charge in [0.05, 0.1) is 5.75 Å². The second-order valence-corrected chi connectivity index (χ2v) is 7.96. The van der Waals surface area contributed by atoms with E-state index in [1.165, 1.54) is 0 Å². The van der Waals surface area contributed by atoms with Crippen molar-refractivity contribution in [2.75, 3.05) is 29.5 Å². The smallest absolute Gasteiger partial charge is 0.258 e. The first kappa shape index (κ1) is 17.9. The average Bonchev–Trinajstić information content (AvgIpc) is 3.12. The average molecular weight is 372 g/mol. The van der Waals surface area contributed by atoms with Crippen LogP contribution in [-0.2, 0) is 10.0 Å². The van der Waals surface area contributed by atoms with Crippen LogP contribution < -0.4 is 9.62 Å². The molecule has 0 spiro atoms. The van der Waals surface area contributed by atoms with Gasteiger partial charge >= 0.3 is 0 Å². The Bertz CT molecular complexity index is 995. The van der Waals surface area contributed by atoms with Crippen molar-refractivity contribution in [2.24, 2.45) is 0 Å². The third-order valence-electron chi connectivity index (χ3n) is 3.83. The Morgan fingerprint density at radius 1 is 1.08 bits per heavy atom. The van der Waals surface area contributed by atoms with Crippen molar-refractivity contribution >= 4 is 21.4 Å². The minimum atomic E-state index is -3.30. The van der Waals surface area contributed by atoms with E-state index in [4.69, 9.17) is 4.52 Å². The van der Waals surface area contributed by atoms with Gasteiger partial charge in [0.15, 0.2) is 0 Å². The number of nitrogens with zero attached hydrogens (tertiary/aromatic N) is 3. The van der Waals surface area contributed by atoms with Gasteiger partial charge in [0.25, 0.3) is 5.89 Å². The Balaban J connectivity index is 1.83. The Kier molecular flexibility index (Phi) is 4.94. The summed E-state index contributed by atoms with van der Waals surface area (Å²) in [7, 11) is 0.633. The molecule has 8 heteroatoms. The van der Waals surface area contributed by atoms with Gasteiger partial charge in [0, 0.05) is 36.6 Å². The maximum absolute atomic E-state index is 11.6. The molecule has 0 aliphatic heterocycles. The summed E-state index contributed by atoms with van der Waals surface area (Å²) in [6, 6.07) is 14.7. The van der Waals surface area contributed by atoms with Crippen LogP contribution in [-0.4, -0.2) is 38.4 Å². The molecule has 136 valence electrons. The molecule has 0 aliphatic rings. The molecule has 1 aromatic heterocycles. The summed E-state index contributed by atoms with van der Waals surface area (Å²) in [5.41, 5.74) is 3.11. The molecule has 0 unspecified atom stereocenters. The van der Waals surface area contributed by atoms with Gasteiger partial charge in [-0.3, -0.25) is 4.72 Å². The largest absolute Gasteiger partial charge is 0.378 e. The van der Waals surface area contributed by atoms with Gasteiger partial charge in [0.1, 0.15) is 0 Å². The first-order valence-electron chi connectivity index (χ1n) is 8.10. The lowest BCUT2D eigenvalue weighted by atomic mass is 10.2. The molecule has 3 rings (SSSR count). The molecule has 0 saturated heterocycles. The second kappa shape index (κ2) is 7.17. The van der Waals surface area contributed by atoms with Crippen molar-refractivity contribution in [1.29, 1.82) is 0 Å². The highest BCUT2D eigenvalue weighted by Gasteiger charge is 2.12. The van der Waals surface area contributed by atoms with Gasteiger partial charge in [0.2, 0.25) is 15.8 Å². The van der Waals surface area contributed by atoms with E-state index in [0.717, 1.165) is 16.8 Å². The van der Waals surface area contributed by atoms with E-state index in [1.54, 1.807) is 31.2 Å². The van der Waals surface area contributed by atoms with Crippen LogP contribution in [0.2, 0.25) is 0 Å². The number of rotatable bonds is 6. The summed E-state index contributed by atoms with van der Waals surface area (Å²) < 4.78 is 31.1. The molecule has 1 heterocycles. The van der Waals surface area contributed by atoms with Gasteiger partial charge in [-0.1, -0.05) is 11.2 Å². The highest BCUT2D eigenvalue weighted by Crippen LogP contribution is 2.26. The van der Waals surface area contributed by atoms with Crippen molar-refractivity contribution in [3.8, 4) is 22.8 Å². The number of hydrogen-bond acceptors (Lipinski definition) is 6. The summed E-state index contributed by atoms with van der Waals surface area (Å²) in [5.74, 6) is 0.897. The molecule has 0 amide bonds. The van der Waals surface area contributed by atoms with Crippen molar-refractivity contribution in [3.05, 3.63) is 48.5 Å². The molecule has 0 saturated carbocycles. The van der Waals surface area contributed by atoms with Crippen LogP contribution in [0.3, 0.4) is 0 Å². The quantitative estimate of drug-likeness (QED) is 0.715. The van der Waals surface area contributed by atoms with Crippen molar-refractivity contribution in [3.63, 3.8) is 0 Å². The zero-order valence-corrected chi connectivity index (χ0v) is 15.6. The predicted octanol–water partition coefficient (Wildman–Crippen LogP) is 3.23. The highest BCUT2D eigenvalue weighted by atomic mass is 32.2. The van der Waals surface area contributed by atoms with Crippen LogP contribution >= 0.6 is 0 Å². The Morgan fingerprint density at radius 2 is 1.81 bits per heavy atom. The Labute approximate surface area is 152 Å². The van der Waals surface area contributed by atoms with Crippen LogP contribution in [0.25, 0.3) is 22.8 Å². The number of nitrogens with one attached hydrogen (secondary N) is 1. The fourth-order valence-corrected chi connectivity index (χ4v) is 2.95. The maximum Gasteiger partial charge on any atom is 0.258 e. The third-order valence-corrected chi connectivity index (χ3v) is 5.14. The standard InChI is InChI=1S/C18H20N4O3S/c1-4-26(23,24)21-15-10-8-13(9-11-15)17-19-18(25-20-17)14-6-5-7-16(12-14)22(2)3/h5-12,21H,4H2,1-3H3. The predicted molar refractivity (Wildman–Crippen MR) is 103 cm³/mol. The fraction of sp³-hybridized carbons (Fsp3) is 0.222. The van der Waals surface area contributed by atoms with Gasteiger partial charge in [-0.25, -0.2) is 8.42 Å². The molecule has 1 N–H and O–H groups in total. The number of benzene rings is 2. The monoisotopic (exact) mass is 372 g/mol. The van der Waals surface area contributed by atoms with Crippen LogP contribution in [0, 0.1) is 0 Å². The highest BCUT2D eigenvalue weighted by molar-refractivity contribution is 7.92. The third kappa shape index (κ3) is 4.02. The molecule has 7 nitrogen and oxygen atoms in total. The first-order valence-corrected chi connectivity index (χ1v) is 9.75. The van der Waals surface area contributed by atoms with E-state index in [-0.39, 0.29) is 5.75 Å². The minimum absolute atomic E-state index is 0.0228. The second-order valence-electron chi connectivity index (χ2n) is 5.95. The molecule has 0 atom stereocenters. The zero-order chi connectivity index (χ0) is 18.7. The van der Waals surface area contributed by atoms with E-state index in [2.05, 4.69) is 14.9 Å². The summed E-state index contributed by atoms with van der Waals surface area (Å²) in [6.07, 6.45) is 0. The molecule has 0 bridgehead atoms. The molecule has 26 heavy (non-hydrogen) atoms. The fourth-order valence-electron chi connectivity index (χ4n) is 2.31. The van der Waals surface area contributed by atoms with Crippen LogP contribution in [0.4, 0.5) is 11.4 Å². The van der Waals surface area contributed by atoms with E-state index in [1.807, 2.05) is 43.3 Å². The minimum Gasteiger partial charge on any atom is -0.378 e. The van der Waals surface area contributed by atoms with E-state index >= 15 is 0 Å². The summed E-state index contributed by atoms with van der Waals surface area (Å²) in [6.45, 7) is 1.59. The van der Waals surface area contributed by atoms with Crippen LogP contribution in [0.1, 0.15) is 6.92 Å². The van der Waals surface area contributed by atoms with E-state index in [0.29, 0.717) is 17.4 Å². The summed E-state index contributed by atoms with van der Waals surface area (Å²) >= 11 is 0. The van der Waals surface area contributed by atoms with Crippen molar-refractivity contribution in [1.82, 2.24) is 10.1 Å². The summed E-state index contributed by atoms with van der Waals surface area (Å²) in [5, 5.41) is 4.02. The van der Waals surface area contributed by atoms with Gasteiger partial charge in [-0.2, -0.15) is 4.98 Å². The molecular formula is C18H20N4O3S. The molecule has 0 radical (unpaired) electrons. The molecule has 3 aromatic rings. The first-order chi connectivity index (χ1) is 12.4. The summed E-state index contributed by atoms with van der Waals surface area (Å²) in [4.78, 5) is 6.43. The molecule has 0 aliphatic carbocycles. The number of anilines is 2. The molecule has 0 fully saturated rings. The zero-order valence-electron chi connectivity index (χ0n) is 14.8. The SMILES string of the molecule is CCS(=O)(=O)Nc1ccc(-c2noc(-c3cccc(N(C)C)c3)n2)cc1. The van der Waals surface area contributed by atoms with Crippen molar-refractivity contribution in [2.45, 2.75) is 6.92 Å². The van der Waals surface area contributed by atoms with Gasteiger partial charge in [-0.15, -0.1) is 0 Å². The number of aromatic nitrogens is 2. The van der Waals surface area contributed by atoms with E-state index in [9.17, 15) is 8.42 Å². The Hall–Kier alpha value is -2.87. The lowest BCUT2D eigenvalue weighted by molar-refractivity contribution is 0.432. The number of hydrogen-bond donors (Lipinski definition) is 1.